The van der Waals surface area contributed by atoms with Gasteiger partial charge >= 0.3 is 0 Å². The van der Waals surface area contributed by atoms with Crippen LogP contribution in [0.25, 0.3) is 0 Å². The summed E-state index contributed by atoms with van der Waals surface area (Å²) in [5.41, 5.74) is 6.60. The second-order valence-electron chi connectivity index (χ2n) is 4.07. The fraction of sp³-hybridized carbons (Fsp3) is 0.385. The minimum atomic E-state index is -0.0894. The molecule has 0 aromatic heterocycles. The Kier molecular flexibility index (Phi) is 3.62. The lowest BCUT2D eigenvalue weighted by Gasteiger charge is -2.28. The molecule has 1 aliphatic heterocycles. The van der Waals surface area contributed by atoms with Gasteiger partial charge in [0, 0.05) is 18.5 Å². The van der Waals surface area contributed by atoms with Crippen LogP contribution in [-0.2, 0) is 4.79 Å². The molecule has 0 unspecified atom stereocenters. The summed E-state index contributed by atoms with van der Waals surface area (Å²) in [5.74, 6) is 0.531. The van der Waals surface area contributed by atoms with Crippen LogP contribution in [0, 0.1) is 0 Å². The van der Waals surface area contributed by atoms with Crippen LogP contribution in [-0.4, -0.2) is 31.4 Å². The fourth-order valence-corrected chi connectivity index (χ4v) is 2.00. The first-order valence-corrected chi connectivity index (χ1v) is 5.97. The van der Waals surface area contributed by atoms with Crippen molar-refractivity contribution in [1.29, 1.82) is 0 Å². The van der Waals surface area contributed by atoms with E-state index >= 15 is 0 Å². The lowest BCUT2D eigenvalue weighted by atomic mass is 10.1. The molecular formula is C13H16N2O3. The van der Waals surface area contributed by atoms with Crippen molar-refractivity contribution in [2.75, 3.05) is 24.6 Å². The van der Waals surface area contributed by atoms with E-state index in [2.05, 4.69) is 0 Å². The molecule has 0 fully saturated rings. The summed E-state index contributed by atoms with van der Waals surface area (Å²) in [7, 11) is 0. The Labute approximate surface area is 106 Å². The number of carbonyl (C=O) groups is 2. The van der Waals surface area contributed by atoms with E-state index in [4.69, 9.17) is 10.5 Å². The van der Waals surface area contributed by atoms with Crippen LogP contribution >= 0.6 is 0 Å². The van der Waals surface area contributed by atoms with Crippen molar-refractivity contribution < 1.29 is 14.3 Å². The standard InChI is InChI=1S/C13H16N2O3/c1-2-15-10-7-9(11(16)5-6-14)3-4-12(10)18-8-13(15)17/h3-4,7H,2,5-6,8,14H2,1H3. The van der Waals surface area contributed by atoms with Crippen LogP contribution in [0.3, 0.4) is 0 Å². The van der Waals surface area contributed by atoms with Crippen molar-refractivity contribution in [3.8, 4) is 5.75 Å². The Morgan fingerprint density at radius 3 is 2.94 bits per heavy atom. The topological polar surface area (TPSA) is 72.6 Å². The maximum Gasteiger partial charge on any atom is 0.265 e. The lowest BCUT2D eigenvalue weighted by Crippen LogP contribution is -2.38. The number of Topliss-reactive ketones (excluding diaryl/α,β-unsaturated/α-hetero) is 1. The third-order valence-electron chi connectivity index (χ3n) is 2.91. The van der Waals surface area contributed by atoms with Crippen molar-refractivity contribution in [3.05, 3.63) is 23.8 Å². The molecule has 2 N–H and O–H groups in total. The molecule has 0 spiro atoms. The molecule has 1 aromatic rings. The number of ketones is 1. The van der Waals surface area contributed by atoms with Gasteiger partial charge in [0.25, 0.3) is 5.91 Å². The second-order valence-corrected chi connectivity index (χ2v) is 4.07. The number of fused-ring (bicyclic) bond motifs is 1. The molecule has 1 amide bonds. The predicted molar refractivity (Wildman–Crippen MR) is 68.0 cm³/mol. The maximum absolute atomic E-state index is 11.8. The van der Waals surface area contributed by atoms with Gasteiger partial charge in [-0.25, -0.2) is 0 Å². The molecule has 0 bridgehead atoms. The zero-order valence-electron chi connectivity index (χ0n) is 10.3. The number of hydrogen-bond donors (Lipinski definition) is 1. The van der Waals surface area contributed by atoms with Gasteiger partial charge in [0.15, 0.2) is 12.4 Å². The molecule has 0 saturated carbocycles. The molecule has 1 aromatic carbocycles. The Balaban J connectivity index is 2.37. The number of hydrogen-bond acceptors (Lipinski definition) is 4. The minimum absolute atomic E-state index is 0.0191. The maximum atomic E-state index is 11.8. The number of nitrogens with zero attached hydrogens (tertiary/aromatic N) is 1. The molecular weight excluding hydrogens is 232 g/mol. The lowest BCUT2D eigenvalue weighted by molar-refractivity contribution is -0.121. The normalized spacial score (nSPS) is 14.1. The molecule has 5 nitrogen and oxygen atoms in total. The van der Waals surface area contributed by atoms with E-state index in [9.17, 15) is 9.59 Å². The number of nitrogens with two attached hydrogens (primary N) is 1. The Morgan fingerprint density at radius 1 is 1.50 bits per heavy atom. The summed E-state index contributed by atoms with van der Waals surface area (Å²) in [6.07, 6.45) is 0.305. The van der Waals surface area contributed by atoms with Crippen LogP contribution in [0.4, 0.5) is 5.69 Å². The third-order valence-corrected chi connectivity index (χ3v) is 2.91. The van der Waals surface area contributed by atoms with E-state index < -0.39 is 0 Å². The zero-order chi connectivity index (χ0) is 13.1. The minimum Gasteiger partial charge on any atom is -0.482 e. The van der Waals surface area contributed by atoms with Gasteiger partial charge in [-0.1, -0.05) is 0 Å². The number of amides is 1. The largest absolute Gasteiger partial charge is 0.482 e. The Hall–Kier alpha value is -1.88. The van der Waals surface area contributed by atoms with Crippen LogP contribution in [0.2, 0.25) is 0 Å². The molecule has 0 radical (unpaired) electrons. The number of rotatable bonds is 4. The van der Waals surface area contributed by atoms with Crippen molar-refractivity contribution in [2.24, 2.45) is 5.73 Å². The number of benzene rings is 1. The molecule has 18 heavy (non-hydrogen) atoms. The van der Waals surface area contributed by atoms with Gasteiger partial charge < -0.3 is 15.4 Å². The van der Waals surface area contributed by atoms with Crippen molar-refractivity contribution in [3.63, 3.8) is 0 Å². The molecule has 96 valence electrons. The van der Waals surface area contributed by atoms with Gasteiger partial charge in [-0.3, -0.25) is 9.59 Å². The fourth-order valence-electron chi connectivity index (χ4n) is 2.00. The average Bonchev–Trinajstić information content (AvgIpc) is 2.38. The van der Waals surface area contributed by atoms with Crippen LogP contribution in [0.15, 0.2) is 18.2 Å². The smallest absolute Gasteiger partial charge is 0.265 e. The van der Waals surface area contributed by atoms with Crippen LogP contribution in [0.1, 0.15) is 23.7 Å². The quantitative estimate of drug-likeness (QED) is 0.806. The first-order chi connectivity index (χ1) is 8.67. The molecule has 2 rings (SSSR count). The Bertz CT molecular complexity index is 485. The summed E-state index contributed by atoms with van der Waals surface area (Å²) in [4.78, 5) is 25.1. The highest BCUT2D eigenvalue weighted by Crippen LogP contribution is 2.33. The number of anilines is 1. The van der Waals surface area contributed by atoms with Gasteiger partial charge in [0.2, 0.25) is 0 Å². The average molecular weight is 248 g/mol. The highest BCUT2D eigenvalue weighted by atomic mass is 16.5. The first kappa shape index (κ1) is 12.6. The summed E-state index contributed by atoms with van der Waals surface area (Å²) in [6, 6.07) is 5.14. The molecule has 1 heterocycles. The summed E-state index contributed by atoms with van der Waals surface area (Å²) < 4.78 is 5.34. The van der Waals surface area contributed by atoms with E-state index in [1.54, 1.807) is 23.1 Å². The Morgan fingerprint density at radius 2 is 2.28 bits per heavy atom. The third kappa shape index (κ3) is 2.22. The van der Waals surface area contributed by atoms with E-state index in [-0.39, 0.29) is 18.3 Å². The summed E-state index contributed by atoms with van der Waals surface area (Å²) in [6.45, 7) is 2.82. The molecule has 0 atom stereocenters. The zero-order valence-corrected chi connectivity index (χ0v) is 10.3. The van der Waals surface area contributed by atoms with Crippen LogP contribution in [0.5, 0.6) is 5.75 Å². The van der Waals surface area contributed by atoms with Gasteiger partial charge in [-0.15, -0.1) is 0 Å². The van der Waals surface area contributed by atoms with E-state index in [1.165, 1.54) is 0 Å². The highest BCUT2D eigenvalue weighted by molar-refractivity contribution is 6.01. The van der Waals surface area contributed by atoms with Crippen molar-refractivity contribution in [2.45, 2.75) is 13.3 Å². The molecule has 0 aliphatic carbocycles. The van der Waals surface area contributed by atoms with Gasteiger partial charge in [-0.2, -0.15) is 0 Å². The molecule has 1 aliphatic rings. The van der Waals surface area contributed by atoms with Crippen molar-refractivity contribution >= 4 is 17.4 Å². The van der Waals surface area contributed by atoms with Gasteiger partial charge in [-0.05, 0) is 31.7 Å². The monoisotopic (exact) mass is 248 g/mol. The number of ether oxygens (including phenoxy) is 1. The van der Waals surface area contributed by atoms with Gasteiger partial charge in [0.1, 0.15) is 5.75 Å². The van der Waals surface area contributed by atoms with E-state index in [0.717, 1.165) is 0 Å². The predicted octanol–water partition coefficient (Wildman–Crippen LogP) is 0.963. The number of carbonyl (C=O) groups excluding carboxylic acids is 2. The number of likely N-dealkylation sites (N-methyl/N-ethyl adjacent to an activating group) is 1. The summed E-state index contributed by atoms with van der Waals surface area (Å²) in [5, 5.41) is 0. The summed E-state index contributed by atoms with van der Waals surface area (Å²) >= 11 is 0. The van der Waals surface area contributed by atoms with Gasteiger partial charge in [0.05, 0.1) is 5.69 Å². The molecule has 5 heteroatoms. The van der Waals surface area contributed by atoms with E-state index in [0.29, 0.717) is 36.5 Å². The molecule has 0 saturated heterocycles. The van der Waals surface area contributed by atoms with E-state index in [1.807, 2.05) is 6.92 Å². The highest BCUT2D eigenvalue weighted by Gasteiger charge is 2.24. The SMILES string of the molecule is CCN1C(=O)COc2ccc(C(=O)CCN)cc21. The van der Waals surface area contributed by atoms with Crippen molar-refractivity contribution in [1.82, 2.24) is 0 Å². The van der Waals surface area contributed by atoms with Crippen LogP contribution < -0.4 is 15.4 Å². The first-order valence-electron chi connectivity index (χ1n) is 5.97. The second kappa shape index (κ2) is 5.18.